The van der Waals surface area contributed by atoms with E-state index in [1.165, 1.54) is 18.6 Å². The lowest BCUT2D eigenvalue weighted by molar-refractivity contribution is -0.124. The van der Waals surface area contributed by atoms with Crippen molar-refractivity contribution in [3.63, 3.8) is 0 Å². The maximum Gasteiger partial charge on any atom is 0.237 e. The molecule has 3 N–H and O–H groups in total. The van der Waals surface area contributed by atoms with Crippen molar-refractivity contribution < 1.29 is 13.9 Å². The molecule has 4 nitrogen and oxygen atoms in total. The first-order chi connectivity index (χ1) is 12.1. The third-order valence-electron chi connectivity index (χ3n) is 5.94. The maximum atomic E-state index is 13.3. The van der Waals surface area contributed by atoms with Gasteiger partial charge in [0.05, 0.1) is 6.04 Å². The predicted octanol–water partition coefficient (Wildman–Crippen LogP) is 3.32. The summed E-state index contributed by atoms with van der Waals surface area (Å²) in [6, 6.07) is 6.29. The molecule has 26 heavy (non-hydrogen) atoms. The number of carbonyl (C=O) groups excluding carboxylic acids is 1. The van der Waals surface area contributed by atoms with Gasteiger partial charge in [-0.3, -0.25) is 4.79 Å². The molecule has 2 fully saturated rings. The van der Waals surface area contributed by atoms with Gasteiger partial charge in [-0.2, -0.15) is 0 Å². The molecule has 0 bridgehead atoms. The molecule has 1 aliphatic carbocycles. The Labute approximate surface area is 161 Å². The lowest BCUT2D eigenvalue weighted by Gasteiger charge is -2.38. The van der Waals surface area contributed by atoms with Gasteiger partial charge in [-0.15, -0.1) is 12.4 Å². The highest BCUT2D eigenvalue weighted by Gasteiger charge is 2.35. The summed E-state index contributed by atoms with van der Waals surface area (Å²) in [5, 5.41) is 3.10. The van der Waals surface area contributed by atoms with E-state index in [9.17, 15) is 9.18 Å². The lowest BCUT2D eigenvalue weighted by Crippen LogP contribution is -2.51. The number of halogens is 2. The number of nitrogens with one attached hydrogen (secondary N) is 1. The number of nitrogens with two attached hydrogens (primary N) is 1. The molecule has 1 saturated carbocycles. The van der Waals surface area contributed by atoms with Crippen LogP contribution in [0.5, 0.6) is 0 Å². The van der Waals surface area contributed by atoms with Gasteiger partial charge in [-0.05, 0) is 49.3 Å². The standard InChI is InChI=1S/C20H29FN2O2.ClH/c21-17-6-4-16(5-7-17)20(10-2-1-3-11-20)14-23-19(24)18(22)15-8-12-25-13-9-15;/h4-7,15,18H,1-3,8-14,22H2,(H,23,24);1H. The number of amides is 1. The molecule has 1 aliphatic heterocycles. The SMILES string of the molecule is Cl.NC(C(=O)NCC1(c2ccc(F)cc2)CCCCC1)C1CCOCC1. The van der Waals surface area contributed by atoms with E-state index in [1.54, 1.807) is 0 Å². The van der Waals surface area contributed by atoms with E-state index in [-0.39, 0.29) is 35.5 Å². The first-order valence-electron chi connectivity index (χ1n) is 9.48. The smallest absolute Gasteiger partial charge is 0.237 e. The van der Waals surface area contributed by atoms with Gasteiger partial charge >= 0.3 is 0 Å². The Hall–Kier alpha value is -1.17. The molecule has 0 spiro atoms. The monoisotopic (exact) mass is 384 g/mol. The van der Waals surface area contributed by atoms with Crippen molar-refractivity contribution in [2.45, 2.75) is 56.4 Å². The number of carbonyl (C=O) groups is 1. The summed E-state index contributed by atoms with van der Waals surface area (Å²) in [4.78, 5) is 12.6. The van der Waals surface area contributed by atoms with Crippen LogP contribution < -0.4 is 11.1 Å². The molecular weight excluding hydrogens is 355 g/mol. The van der Waals surface area contributed by atoms with E-state index < -0.39 is 6.04 Å². The van der Waals surface area contributed by atoms with Crippen molar-refractivity contribution in [2.24, 2.45) is 11.7 Å². The Kier molecular flexibility index (Phi) is 7.86. The summed E-state index contributed by atoms with van der Waals surface area (Å²) in [7, 11) is 0. The second kappa shape index (κ2) is 9.67. The van der Waals surface area contributed by atoms with Gasteiger partial charge in [-0.25, -0.2) is 4.39 Å². The zero-order valence-corrected chi connectivity index (χ0v) is 16.0. The van der Waals surface area contributed by atoms with Crippen molar-refractivity contribution >= 4 is 18.3 Å². The first-order valence-corrected chi connectivity index (χ1v) is 9.48. The van der Waals surface area contributed by atoms with Crippen LogP contribution in [0.4, 0.5) is 4.39 Å². The second-order valence-electron chi connectivity index (χ2n) is 7.54. The molecule has 0 radical (unpaired) electrons. The largest absolute Gasteiger partial charge is 0.381 e. The van der Waals surface area contributed by atoms with E-state index in [1.807, 2.05) is 12.1 Å². The fourth-order valence-electron chi connectivity index (χ4n) is 4.26. The lowest BCUT2D eigenvalue weighted by atomic mass is 9.69. The van der Waals surface area contributed by atoms with Crippen LogP contribution in [0.15, 0.2) is 24.3 Å². The Balaban J connectivity index is 0.00000243. The molecule has 1 unspecified atom stereocenters. The Bertz CT molecular complexity index is 570. The van der Waals surface area contributed by atoms with E-state index in [0.29, 0.717) is 19.8 Å². The summed E-state index contributed by atoms with van der Waals surface area (Å²) in [5.74, 6) is -0.0962. The van der Waals surface area contributed by atoms with Crippen LogP contribution in [0.25, 0.3) is 0 Å². The quantitative estimate of drug-likeness (QED) is 0.818. The molecule has 2 aliphatic rings. The highest BCUT2D eigenvalue weighted by molar-refractivity contribution is 5.85. The molecular formula is C20H30ClFN2O2. The Morgan fingerprint density at radius 2 is 1.81 bits per heavy atom. The average Bonchev–Trinajstić information content (AvgIpc) is 2.67. The van der Waals surface area contributed by atoms with Gasteiger partial charge in [-0.1, -0.05) is 31.4 Å². The van der Waals surface area contributed by atoms with E-state index in [4.69, 9.17) is 10.5 Å². The van der Waals surface area contributed by atoms with Crippen LogP contribution in [-0.4, -0.2) is 31.7 Å². The van der Waals surface area contributed by atoms with E-state index >= 15 is 0 Å². The zero-order valence-electron chi connectivity index (χ0n) is 15.2. The highest BCUT2D eigenvalue weighted by atomic mass is 35.5. The summed E-state index contributed by atoms with van der Waals surface area (Å²) < 4.78 is 18.7. The fourth-order valence-corrected chi connectivity index (χ4v) is 4.26. The van der Waals surface area contributed by atoms with Gasteiger partial charge in [0.15, 0.2) is 0 Å². The molecule has 1 heterocycles. The minimum atomic E-state index is -0.474. The molecule has 1 atom stereocenters. The van der Waals surface area contributed by atoms with E-state index in [2.05, 4.69) is 5.32 Å². The molecule has 6 heteroatoms. The van der Waals surface area contributed by atoms with Gasteiger partial charge < -0.3 is 15.8 Å². The number of hydrogen-bond donors (Lipinski definition) is 2. The molecule has 1 aromatic carbocycles. The second-order valence-corrected chi connectivity index (χ2v) is 7.54. The molecule has 3 rings (SSSR count). The summed E-state index contributed by atoms with van der Waals surface area (Å²) in [6.45, 7) is 1.95. The molecule has 146 valence electrons. The topological polar surface area (TPSA) is 64.4 Å². The van der Waals surface area contributed by atoms with E-state index in [0.717, 1.165) is 44.1 Å². The first kappa shape index (κ1) is 21.1. The molecule has 1 aromatic rings. The number of hydrogen-bond acceptors (Lipinski definition) is 3. The van der Waals surface area contributed by atoms with Gasteiger partial charge in [0, 0.05) is 25.2 Å². The van der Waals surface area contributed by atoms with Gasteiger partial charge in [0.1, 0.15) is 5.82 Å². The molecule has 1 amide bonds. The number of rotatable bonds is 5. The van der Waals surface area contributed by atoms with Crippen LogP contribution in [-0.2, 0) is 14.9 Å². The average molecular weight is 385 g/mol. The van der Waals surface area contributed by atoms with Crippen molar-refractivity contribution in [3.8, 4) is 0 Å². The third-order valence-corrected chi connectivity index (χ3v) is 5.94. The normalized spacial score (nSPS) is 21.5. The van der Waals surface area contributed by atoms with Crippen LogP contribution in [0, 0.1) is 11.7 Å². The van der Waals surface area contributed by atoms with Crippen molar-refractivity contribution in [1.82, 2.24) is 5.32 Å². The van der Waals surface area contributed by atoms with Crippen molar-refractivity contribution in [1.29, 1.82) is 0 Å². The minimum Gasteiger partial charge on any atom is -0.381 e. The maximum absolute atomic E-state index is 13.3. The van der Waals surface area contributed by atoms with Crippen LogP contribution in [0.2, 0.25) is 0 Å². The van der Waals surface area contributed by atoms with Crippen molar-refractivity contribution in [3.05, 3.63) is 35.6 Å². The Morgan fingerprint density at radius 1 is 1.19 bits per heavy atom. The zero-order chi connectivity index (χ0) is 17.7. The van der Waals surface area contributed by atoms with Crippen LogP contribution in [0.1, 0.15) is 50.5 Å². The Morgan fingerprint density at radius 3 is 2.42 bits per heavy atom. The predicted molar refractivity (Wildman–Crippen MR) is 103 cm³/mol. The van der Waals surface area contributed by atoms with Crippen LogP contribution >= 0.6 is 12.4 Å². The summed E-state index contributed by atoms with van der Waals surface area (Å²) in [6.07, 6.45) is 7.23. The molecule has 1 saturated heterocycles. The van der Waals surface area contributed by atoms with Crippen LogP contribution in [0.3, 0.4) is 0 Å². The summed E-state index contributed by atoms with van der Waals surface area (Å²) in [5.41, 5.74) is 7.21. The summed E-state index contributed by atoms with van der Waals surface area (Å²) >= 11 is 0. The highest BCUT2D eigenvalue weighted by Crippen LogP contribution is 2.39. The van der Waals surface area contributed by atoms with Crippen molar-refractivity contribution in [2.75, 3.05) is 19.8 Å². The third kappa shape index (κ3) is 4.96. The fraction of sp³-hybridized carbons (Fsp3) is 0.650. The van der Waals surface area contributed by atoms with Gasteiger partial charge in [0.2, 0.25) is 5.91 Å². The number of ether oxygens (including phenoxy) is 1. The number of benzene rings is 1. The molecule has 0 aromatic heterocycles. The van der Waals surface area contributed by atoms with Gasteiger partial charge in [0.25, 0.3) is 0 Å². The minimum absolute atomic E-state index is 0.